The zero-order valence-corrected chi connectivity index (χ0v) is 13.2. The molecule has 0 saturated carbocycles. The summed E-state index contributed by atoms with van der Waals surface area (Å²) in [6.45, 7) is 3.79. The summed E-state index contributed by atoms with van der Waals surface area (Å²) in [6, 6.07) is 3.43. The van der Waals surface area contributed by atoms with E-state index in [0.29, 0.717) is 40.2 Å². The van der Waals surface area contributed by atoms with Crippen molar-refractivity contribution in [3.8, 4) is 22.9 Å². The zero-order chi connectivity index (χ0) is 15.6. The lowest BCUT2D eigenvalue weighted by Crippen LogP contribution is -2.32. The minimum Gasteiger partial charge on any atom is -0.493 e. The largest absolute Gasteiger partial charge is 0.493 e. The molecule has 2 aromatic rings. The molecule has 7 heteroatoms. The number of halogens is 1. The average molecular weight is 312 g/mol. The van der Waals surface area contributed by atoms with Crippen molar-refractivity contribution in [2.45, 2.75) is 25.8 Å². The quantitative estimate of drug-likeness (QED) is 0.914. The Kier molecular flexibility index (Phi) is 4.39. The molecular weight excluding hydrogens is 294 g/mol. The highest BCUT2D eigenvalue weighted by atomic mass is 35.5. The number of ether oxygens (including phenoxy) is 2. The lowest BCUT2D eigenvalue weighted by molar-refractivity contribution is 0.291. The van der Waals surface area contributed by atoms with Crippen molar-refractivity contribution >= 4 is 11.6 Å². The fourth-order valence-electron chi connectivity index (χ4n) is 1.77. The number of aromatic nitrogens is 2. The molecule has 0 fully saturated rings. The monoisotopic (exact) mass is 311 g/mol. The summed E-state index contributed by atoms with van der Waals surface area (Å²) in [5.74, 6) is 1.74. The second-order valence-electron chi connectivity index (χ2n) is 4.89. The molecule has 0 aliphatic rings. The topological polar surface area (TPSA) is 83.4 Å². The molecule has 0 radical (unpaired) electrons. The Hall–Kier alpha value is -1.79. The van der Waals surface area contributed by atoms with Gasteiger partial charge in [0.15, 0.2) is 11.5 Å². The Balaban J connectivity index is 2.46. The fraction of sp³-hybridized carbons (Fsp3) is 0.429. The highest BCUT2D eigenvalue weighted by Crippen LogP contribution is 2.38. The lowest BCUT2D eigenvalue weighted by atomic mass is 10.0. The van der Waals surface area contributed by atoms with E-state index >= 15 is 0 Å². The van der Waals surface area contributed by atoms with Gasteiger partial charge in [-0.25, -0.2) is 0 Å². The molecular formula is C14H18ClN3O3. The summed E-state index contributed by atoms with van der Waals surface area (Å²) < 4.78 is 15.7. The van der Waals surface area contributed by atoms with Gasteiger partial charge in [-0.15, -0.1) is 0 Å². The van der Waals surface area contributed by atoms with E-state index in [1.807, 2.05) is 13.8 Å². The molecule has 1 aromatic heterocycles. The number of nitrogens with zero attached hydrogens (tertiary/aromatic N) is 2. The van der Waals surface area contributed by atoms with E-state index in [1.165, 1.54) is 14.2 Å². The van der Waals surface area contributed by atoms with Crippen molar-refractivity contribution in [1.82, 2.24) is 10.1 Å². The second-order valence-corrected chi connectivity index (χ2v) is 5.29. The van der Waals surface area contributed by atoms with Crippen LogP contribution in [-0.4, -0.2) is 24.4 Å². The molecule has 0 spiro atoms. The number of benzene rings is 1. The molecule has 1 unspecified atom stereocenters. The van der Waals surface area contributed by atoms with Crippen molar-refractivity contribution in [2.24, 2.45) is 5.73 Å². The Morgan fingerprint density at radius 3 is 2.62 bits per heavy atom. The van der Waals surface area contributed by atoms with Gasteiger partial charge in [0.25, 0.3) is 0 Å². The molecule has 0 amide bonds. The minimum atomic E-state index is -0.661. The van der Waals surface area contributed by atoms with Crippen LogP contribution < -0.4 is 15.2 Å². The molecule has 0 aliphatic carbocycles. The van der Waals surface area contributed by atoms with Gasteiger partial charge < -0.3 is 19.7 Å². The van der Waals surface area contributed by atoms with Crippen LogP contribution in [0.3, 0.4) is 0 Å². The van der Waals surface area contributed by atoms with Gasteiger partial charge in [0.05, 0.1) is 24.8 Å². The van der Waals surface area contributed by atoms with Crippen LogP contribution in [0.4, 0.5) is 0 Å². The smallest absolute Gasteiger partial charge is 0.246 e. The summed E-state index contributed by atoms with van der Waals surface area (Å²) >= 11 is 6.17. The van der Waals surface area contributed by atoms with Crippen molar-refractivity contribution in [3.05, 3.63) is 23.0 Å². The van der Waals surface area contributed by atoms with Crippen LogP contribution in [0.1, 0.15) is 26.2 Å². The molecule has 21 heavy (non-hydrogen) atoms. The summed E-state index contributed by atoms with van der Waals surface area (Å²) in [7, 11) is 3.06. The van der Waals surface area contributed by atoms with Crippen LogP contribution in [0.25, 0.3) is 11.4 Å². The maximum atomic E-state index is 6.17. The van der Waals surface area contributed by atoms with Gasteiger partial charge in [0.1, 0.15) is 0 Å². The summed E-state index contributed by atoms with van der Waals surface area (Å²) in [6.07, 6.45) is 0.682. The van der Waals surface area contributed by atoms with Gasteiger partial charge in [-0.3, -0.25) is 0 Å². The molecule has 0 aliphatic heterocycles. The zero-order valence-electron chi connectivity index (χ0n) is 12.4. The normalized spacial score (nSPS) is 13.8. The highest BCUT2D eigenvalue weighted by Gasteiger charge is 2.27. The van der Waals surface area contributed by atoms with E-state index in [4.69, 9.17) is 31.3 Å². The van der Waals surface area contributed by atoms with Crippen molar-refractivity contribution < 1.29 is 14.0 Å². The maximum Gasteiger partial charge on any atom is 0.246 e. The molecule has 6 nitrogen and oxygen atoms in total. The van der Waals surface area contributed by atoms with E-state index in [-0.39, 0.29) is 0 Å². The first-order chi connectivity index (χ1) is 9.92. The van der Waals surface area contributed by atoms with E-state index in [2.05, 4.69) is 10.1 Å². The van der Waals surface area contributed by atoms with E-state index in [9.17, 15) is 0 Å². The van der Waals surface area contributed by atoms with E-state index in [1.54, 1.807) is 12.1 Å². The number of nitrogens with two attached hydrogens (primary N) is 1. The predicted octanol–water partition coefficient (Wildman–Crippen LogP) is 2.99. The van der Waals surface area contributed by atoms with Crippen LogP contribution in [0.2, 0.25) is 5.02 Å². The molecule has 0 saturated heterocycles. The number of rotatable bonds is 5. The first-order valence-corrected chi connectivity index (χ1v) is 6.85. The molecule has 0 bridgehead atoms. The Labute approximate surface area is 128 Å². The molecule has 1 atom stereocenters. The van der Waals surface area contributed by atoms with Gasteiger partial charge in [0.2, 0.25) is 11.7 Å². The van der Waals surface area contributed by atoms with Crippen LogP contribution in [0.15, 0.2) is 16.7 Å². The Bertz CT molecular complexity index is 640. The summed E-state index contributed by atoms with van der Waals surface area (Å²) in [5, 5.41) is 4.36. The van der Waals surface area contributed by atoms with Crippen molar-refractivity contribution in [2.75, 3.05) is 14.2 Å². The number of methoxy groups -OCH3 is 2. The third-order valence-corrected chi connectivity index (χ3v) is 3.62. The fourth-order valence-corrected chi connectivity index (χ4v) is 2.06. The molecule has 2 rings (SSSR count). The standard InChI is InChI=1S/C14H18ClN3O3/c1-5-14(2,16)13-17-12(18-21-13)8-6-9(15)11(20-4)10(7-8)19-3/h6-7H,5,16H2,1-4H3. The number of hydrogen-bond acceptors (Lipinski definition) is 6. The average Bonchev–Trinajstić information content (AvgIpc) is 2.96. The second kappa shape index (κ2) is 5.91. The highest BCUT2D eigenvalue weighted by molar-refractivity contribution is 6.32. The van der Waals surface area contributed by atoms with E-state index < -0.39 is 5.54 Å². The minimum absolute atomic E-state index is 0.380. The third-order valence-electron chi connectivity index (χ3n) is 3.34. The maximum absolute atomic E-state index is 6.17. The third kappa shape index (κ3) is 2.96. The summed E-state index contributed by atoms with van der Waals surface area (Å²) in [4.78, 5) is 4.34. The van der Waals surface area contributed by atoms with Crippen molar-refractivity contribution in [3.63, 3.8) is 0 Å². The van der Waals surface area contributed by atoms with Crippen LogP contribution in [-0.2, 0) is 5.54 Å². The Morgan fingerprint density at radius 1 is 1.33 bits per heavy atom. The number of hydrogen-bond donors (Lipinski definition) is 1. The lowest BCUT2D eigenvalue weighted by Gasteiger charge is -2.16. The molecule has 2 N–H and O–H groups in total. The van der Waals surface area contributed by atoms with Gasteiger partial charge in [0, 0.05) is 5.56 Å². The summed E-state index contributed by atoms with van der Waals surface area (Å²) in [5.41, 5.74) is 6.10. The van der Waals surface area contributed by atoms with Crippen LogP contribution >= 0.6 is 11.6 Å². The van der Waals surface area contributed by atoms with Crippen molar-refractivity contribution in [1.29, 1.82) is 0 Å². The SMILES string of the molecule is CCC(C)(N)c1nc(-c2cc(Cl)c(OC)c(OC)c2)no1. The van der Waals surface area contributed by atoms with Gasteiger partial charge >= 0.3 is 0 Å². The molecule has 1 aromatic carbocycles. The van der Waals surface area contributed by atoms with Gasteiger partial charge in [-0.05, 0) is 25.5 Å². The molecule has 1 heterocycles. The van der Waals surface area contributed by atoms with Gasteiger partial charge in [-0.2, -0.15) is 4.98 Å². The predicted molar refractivity (Wildman–Crippen MR) is 79.7 cm³/mol. The van der Waals surface area contributed by atoms with E-state index in [0.717, 1.165) is 0 Å². The van der Waals surface area contributed by atoms with Crippen LogP contribution in [0, 0.1) is 0 Å². The van der Waals surface area contributed by atoms with Gasteiger partial charge in [-0.1, -0.05) is 23.7 Å². The Morgan fingerprint density at radius 2 is 2.05 bits per heavy atom. The molecule has 114 valence electrons. The van der Waals surface area contributed by atoms with Crippen LogP contribution in [0.5, 0.6) is 11.5 Å². The first kappa shape index (κ1) is 15.6. The first-order valence-electron chi connectivity index (χ1n) is 6.48.